The Morgan fingerprint density at radius 3 is 2.88 bits per heavy atom. The first kappa shape index (κ1) is 12.0. The molecule has 0 atom stereocenters. The molecule has 0 spiro atoms. The lowest BCUT2D eigenvalue weighted by molar-refractivity contribution is 0.143. The predicted octanol–water partition coefficient (Wildman–Crippen LogP) is 1.13. The standard InChI is InChI=1S/C12H19N3O2/c1-2-14(10-11-4-3-9-17-11)12(16)15-7-5-13-6-8-15/h3-4,9,13H,2,5-8,10H2,1H3. The Bertz CT molecular complexity index is 345. The van der Waals surface area contributed by atoms with E-state index in [0.29, 0.717) is 13.1 Å². The quantitative estimate of drug-likeness (QED) is 0.857. The molecule has 0 saturated carbocycles. The number of furan rings is 1. The predicted molar refractivity (Wildman–Crippen MR) is 64.6 cm³/mol. The van der Waals surface area contributed by atoms with Crippen LogP contribution in [0.25, 0.3) is 0 Å². The first-order valence-electron chi connectivity index (χ1n) is 6.08. The fourth-order valence-corrected chi connectivity index (χ4v) is 1.96. The van der Waals surface area contributed by atoms with Crippen LogP contribution in [-0.2, 0) is 6.54 Å². The number of piperazine rings is 1. The summed E-state index contributed by atoms with van der Waals surface area (Å²) in [6.45, 7) is 6.56. The van der Waals surface area contributed by atoms with Crippen molar-refractivity contribution in [3.8, 4) is 0 Å². The van der Waals surface area contributed by atoms with E-state index in [1.807, 2.05) is 28.9 Å². The van der Waals surface area contributed by atoms with Crippen LogP contribution >= 0.6 is 0 Å². The zero-order valence-corrected chi connectivity index (χ0v) is 10.2. The van der Waals surface area contributed by atoms with Crippen LogP contribution in [0.3, 0.4) is 0 Å². The third-order valence-corrected chi connectivity index (χ3v) is 2.97. The van der Waals surface area contributed by atoms with Crippen molar-refractivity contribution in [2.75, 3.05) is 32.7 Å². The SMILES string of the molecule is CCN(Cc1ccco1)C(=O)N1CCNCC1. The molecular formula is C12H19N3O2. The Kier molecular flexibility index (Phi) is 4.03. The summed E-state index contributed by atoms with van der Waals surface area (Å²) < 4.78 is 5.28. The van der Waals surface area contributed by atoms with E-state index < -0.39 is 0 Å². The van der Waals surface area contributed by atoms with Gasteiger partial charge in [-0.2, -0.15) is 0 Å². The van der Waals surface area contributed by atoms with Crippen molar-refractivity contribution in [3.63, 3.8) is 0 Å². The molecule has 0 aliphatic carbocycles. The van der Waals surface area contributed by atoms with Crippen LogP contribution in [-0.4, -0.2) is 48.6 Å². The van der Waals surface area contributed by atoms with E-state index in [-0.39, 0.29) is 6.03 Å². The zero-order chi connectivity index (χ0) is 12.1. The Morgan fingerprint density at radius 2 is 2.29 bits per heavy atom. The van der Waals surface area contributed by atoms with Crippen LogP contribution in [0.4, 0.5) is 4.79 Å². The number of carbonyl (C=O) groups is 1. The lowest BCUT2D eigenvalue weighted by Crippen LogP contribution is -2.51. The Balaban J connectivity index is 1.94. The largest absolute Gasteiger partial charge is 0.467 e. The summed E-state index contributed by atoms with van der Waals surface area (Å²) in [5.41, 5.74) is 0. The van der Waals surface area contributed by atoms with Gasteiger partial charge in [0.2, 0.25) is 0 Å². The number of rotatable bonds is 3. The molecule has 1 N–H and O–H groups in total. The number of amides is 2. The van der Waals surface area contributed by atoms with Crippen molar-refractivity contribution >= 4 is 6.03 Å². The average Bonchev–Trinajstić information content (AvgIpc) is 2.89. The van der Waals surface area contributed by atoms with Crippen molar-refractivity contribution < 1.29 is 9.21 Å². The second-order valence-corrected chi connectivity index (χ2v) is 4.11. The number of carbonyl (C=O) groups excluding carboxylic acids is 1. The Morgan fingerprint density at radius 1 is 1.53 bits per heavy atom. The Labute approximate surface area is 101 Å². The van der Waals surface area contributed by atoms with E-state index >= 15 is 0 Å². The van der Waals surface area contributed by atoms with Gasteiger partial charge in [0.1, 0.15) is 5.76 Å². The molecule has 1 aromatic heterocycles. The van der Waals surface area contributed by atoms with Gasteiger partial charge in [0.25, 0.3) is 0 Å². The highest BCUT2D eigenvalue weighted by atomic mass is 16.3. The molecule has 1 saturated heterocycles. The molecule has 0 unspecified atom stereocenters. The van der Waals surface area contributed by atoms with Crippen molar-refractivity contribution in [3.05, 3.63) is 24.2 Å². The summed E-state index contributed by atoms with van der Waals surface area (Å²) in [4.78, 5) is 15.9. The number of nitrogens with one attached hydrogen (secondary N) is 1. The minimum atomic E-state index is 0.102. The van der Waals surface area contributed by atoms with E-state index in [0.717, 1.165) is 31.9 Å². The second kappa shape index (κ2) is 5.72. The van der Waals surface area contributed by atoms with Gasteiger partial charge in [-0.25, -0.2) is 4.79 Å². The molecule has 2 rings (SSSR count). The monoisotopic (exact) mass is 237 g/mol. The molecule has 0 bridgehead atoms. The van der Waals surface area contributed by atoms with Gasteiger partial charge in [0.05, 0.1) is 12.8 Å². The van der Waals surface area contributed by atoms with Gasteiger partial charge in [-0.15, -0.1) is 0 Å². The lowest BCUT2D eigenvalue weighted by atomic mass is 10.3. The number of hydrogen-bond acceptors (Lipinski definition) is 3. The third-order valence-electron chi connectivity index (χ3n) is 2.97. The van der Waals surface area contributed by atoms with Gasteiger partial charge in [-0.3, -0.25) is 0 Å². The van der Waals surface area contributed by atoms with E-state index in [1.165, 1.54) is 0 Å². The van der Waals surface area contributed by atoms with E-state index in [9.17, 15) is 4.79 Å². The van der Waals surface area contributed by atoms with E-state index in [4.69, 9.17) is 4.42 Å². The highest BCUT2D eigenvalue weighted by Crippen LogP contribution is 2.08. The van der Waals surface area contributed by atoms with Crippen molar-refractivity contribution in [1.29, 1.82) is 0 Å². The average molecular weight is 237 g/mol. The van der Waals surface area contributed by atoms with Gasteiger partial charge in [0, 0.05) is 32.7 Å². The van der Waals surface area contributed by atoms with Gasteiger partial charge in [-0.05, 0) is 19.1 Å². The molecule has 17 heavy (non-hydrogen) atoms. The smallest absolute Gasteiger partial charge is 0.320 e. The summed E-state index contributed by atoms with van der Waals surface area (Å²) >= 11 is 0. The minimum absolute atomic E-state index is 0.102. The summed E-state index contributed by atoms with van der Waals surface area (Å²) in [6.07, 6.45) is 1.64. The summed E-state index contributed by atoms with van der Waals surface area (Å²) in [6, 6.07) is 3.84. The topological polar surface area (TPSA) is 48.7 Å². The number of urea groups is 1. The van der Waals surface area contributed by atoms with Crippen molar-refractivity contribution in [1.82, 2.24) is 15.1 Å². The second-order valence-electron chi connectivity index (χ2n) is 4.11. The highest BCUT2D eigenvalue weighted by molar-refractivity contribution is 5.74. The van der Waals surface area contributed by atoms with Crippen LogP contribution in [0.5, 0.6) is 0 Å². The minimum Gasteiger partial charge on any atom is -0.467 e. The maximum Gasteiger partial charge on any atom is 0.320 e. The number of nitrogens with zero attached hydrogens (tertiary/aromatic N) is 2. The van der Waals surface area contributed by atoms with Crippen LogP contribution in [0.2, 0.25) is 0 Å². The summed E-state index contributed by atoms with van der Waals surface area (Å²) in [7, 11) is 0. The molecule has 5 nitrogen and oxygen atoms in total. The fraction of sp³-hybridized carbons (Fsp3) is 0.583. The zero-order valence-electron chi connectivity index (χ0n) is 10.2. The van der Waals surface area contributed by atoms with Gasteiger partial charge >= 0.3 is 6.03 Å². The van der Waals surface area contributed by atoms with Crippen LogP contribution in [0, 0.1) is 0 Å². The maximum absolute atomic E-state index is 12.2. The number of hydrogen-bond donors (Lipinski definition) is 1. The lowest BCUT2D eigenvalue weighted by Gasteiger charge is -2.32. The molecule has 94 valence electrons. The molecule has 1 aliphatic heterocycles. The first-order valence-corrected chi connectivity index (χ1v) is 6.08. The van der Waals surface area contributed by atoms with Crippen LogP contribution in [0.1, 0.15) is 12.7 Å². The summed E-state index contributed by atoms with van der Waals surface area (Å²) in [5, 5.41) is 3.24. The molecule has 0 aromatic carbocycles. The third kappa shape index (κ3) is 3.00. The molecule has 2 heterocycles. The molecule has 2 amide bonds. The normalized spacial score (nSPS) is 15.9. The van der Waals surface area contributed by atoms with Gasteiger partial charge in [-0.1, -0.05) is 0 Å². The van der Waals surface area contributed by atoms with Crippen molar-refractivity contribution in [2.24, 2.45) is 0 Å². The molecule has 1 aromatic rings. The maximum atomic E-state index is 12.2. The fourth-order valence-electron chi connectivity index (χ4n) is 1.96. The summed E-state index contributed by atoms with van der Waals surface area (Å²) in [5.74, 6) is 0.829. The molecule has 0 radical (unpaired) electrons. The van der Waals surface area contributed by atoms with E-state index in [1.54, 1.807) is 6.26 Å². The first-order chi connectivity index (χ1) is 8.31. The Hall–Kier alpha value is -1.49. The van der Waals surface area contributed by atoms with Gasteiger partial charge in [0.15, 0.2) is 0 Å². The molecule has 5 heteroatoms. The van der Waals surface area contributed by atoms with Crippen LogP contribution in [0.15, 0.2) is 22.8 Å². The van der Waals surface area contributed by atoms with Gasteiger partial charge < -0.3 is 19.5 Å². The van der Waals surface area contributed by atoms with Crippen molar-refractivity contribution in [2.45, 2.75) is 13.5 Å². The molecule has 1 aliphatic rings. The highest BCUT2D eigenvalue weighted by Gasteiger charge is 2.21. The van der Waals surface area contributed by atoms with E-state index in [2.05, 4.69) is 5.32 Å². The van der Waals surface area contributed by atoms with Crippen LogP contribution < -0.4 is 5.32 Å². The molecular weight excluding hydrogens is 218 g/mol. The molecule has 1 fully saturated rings.